The fourth-order valence-electron chi connectivity index (χ4n) is 3.61. The van der Waals surface area contributed by atoms with Crippen LogP contribution in [0, 0.1) is 0 Å². The van der Waals surface area contributed by atoms with Crippen LogP contribution in [0.1, 0.15) is 12.0 Å². The first-order valence-corrected chi connectivity index (χ1v) is 9.06. The number of benzene rings is 2. The van der Waals surface area contributed by atoms with Gasteiger partial charge in [0.05, 0.1) is 6.42 Å². The Morgan fingerprint density at radius 3 is 2.65 bits per heavy atom. The van der Waals surface area contributed by atoms with E-state index in [-0.39, 0.29) is 5.91 Å². The van der Waals surface area contributed by atoms with Gasteiger partial charge in [0, 0.05) is 49.0 Å². The maximum Gasteiger partial charge on any atom is 0.224 e. The number of rotatable bonds is 6. The zero-order chi connectivity index (χ0) is 17.9. The first kappa shape index (κ1) is 16.5. The summed E-state index contributed by atoms with van der Waals surface area (Å²) < 4.78 is 4.32. The number of aryl methyl sites for hydroxylation is 2. The normalized spacial score (nSPS) is 11.3. The minimum atomic E-state index is 0.0821. The van der Waals surface area contributed by atoms with Gasteiger partial charge in [0.25, 0.3) is 0 Å². The quantitative estimate of drug-likeness (QED) is 0.529. The number of fused-ring (bicyclic) bond motifs is 2. The Kier molecular flexibility index (Phi) is 4.48. The molecule has 1 N–H and O–H groups in total. The molecule has 0 aliphatic carbocycles. The monoisotopic (exact) mass is 345 g/mol. The van der Waals surface area contributed by atoms with Gasteiger partial charge < -0.3 is 14.5 Å². The van der Waals surface area contributed by atoms with Crippen molar-refractivity contribution in [1.82, 2.24) is 14.5 Å². The van der Waals surface area contributed by atoms with Crippen LogP contribution in [0.3, 0.4) is 0 Å². The van der Waals surface area contributed by atoms with Crippen LogP contribution in [0.25, 0.3) is 21.8 Å². The molecule has 132 valence electrons. The van der Waals surface area contributed by atoms with E-state index in [1.54, 1.807) is 0 Å². The summed E-state index contributed by atoms with van der Waals surface area (Å²) in [7, 11) is 2.02. The molecule has 0 atom stereocenters. The molecule has 0 bridgehead atoms. The van der Waals surface area contributed by atoms with Crippen LogP contribution in [0.5, 0.6) is 0 Å². The molecule has 0 aliphatic rings. The van der Waals surface area contributed by atoms with Crippen LogP contribution in [-0.4, -0.2) is 21.6 Å². The lowest BCUT2D eigenvalue weighted by molar-refractivity contribution is -0.120. The van der Waals surface area contributed by atoms with Gasteiger partial charge in [-0.2, -0.15) is 0 Å². The third-order valence-corrected chi connectivity index (χ3v) is 4.91. The maximum absolute atomic E-state index is 12.3. The molecule has 4 heteroatoms. The molecule has 2 heterocycles. The van der Waals surface area contributed by atoms with Crippen LogP contribution in [0.15, 0.2) is 67.0 Å². The lowest BCUT2D eigenvalue weighted by atomic mass is 10.1. The lowest BCUT2D eigenvalue weighted by Gasteiger charge is -2.07. The van der Waals surface area contributed by atoms with Crippen molar-refractivity contribution in [2.45, 2.75) is 19.4 Å². The summed E-state index contributed by atoms with van der Waals surface area (Å²) >= 11 is 0. The average molecular weight is 345 g/mol. The highest BCUT2D eigenvalue weighted by Crippen LogP contribution is 2.20. The van der Waals surface area contributed by atoms with E-state index in [1.807, 2.05) is 19.2 Å². The van der Waals surface area contributed by atoms with Crippen molar-refractivity contribution in [1.29, 1.82) is 0 Å². The number of carbonyl (C=O) groups excluding carboxylic acids is 1. The SMILES string of the molecule is Cn1cc(CC(=O)NCCCn2ccc3ccccc32)c2ccccc21. The van der Waals surface area contributed by atoms with Crippen LogP contribution < -0.4 is 5.32 Å². The number of carbonyl (C=O) groups is 1. The van der Waals surface area contributed by atoms with Crippen molar-refractivity contribution < 1.29 is 4.79 Å². The van der Waals surface area contributed by atoms with E-state index in [9.17, 15) is 4.79 Å². The van der Waals surface area contributed by atoms with E-state index in [2.05, 4.69) is 69.3 Å². The van der Waals surface area contributed by atoms with E-state index in [4.69, 9.17) is 0 Å². The summed E-state index contributed by atoms with van der Waals surface area (Å²) in [5.41, 5.74) is 3.49. The van der Waals surface area contributed by atoms with Gasteiger partial charge in [-0.3, -0.25) is 4.79 Å². The van der Waals surface area contributed by atoms with E-state index >= 15 is 0 Å². The molecule has 0 fully saturated rings. The van der Waals surface area contributed by atoms with E-state index in [0.29, 0.717) is 13.0 Å². The fourth-order valence-corrected chi connectivity index (χ4v) is 3.61. The van der Waals surface area contributed by atoms with Crippen molar-refractivity contribution in [3.8, 4) is 0 Å². The summed E-state index contributed by atoms with van der Waals surface area (Å²) in [5.74, 6) is 0.0821. The topological polar surface area (TPSA) is 39.0 Å². The molecular weight excluding hydrogens is 322 g/mol. The number of nitrogens with zero attached hydrogens (tertiary/aromatic N) is 2. The second-order valence-electron chi connectivity index (χ2n) is 6.73. The van der Waals surface area contributed by atoms with Gasteiger partial charge in [-0.05, 0) is 35.6 Å². The lowest BCUT2D eigenvalue weighted by Crippen LogP contribution is -2.26. The van der Waals surface area contributed by atoms with Gasteiger partial charge in [-0.25, -0.2) is 0 Å². The largest absolute Gasteiger partial charge is 0.356 e. The Hall–Kier alpha value is -3.01. The molecule has 0 saturated carbocycles. The van der Waals surface area contributed by atoms with Crippen LogP contribution >= 0.6 is 0 Å². The van der Waals surface area contributed by atoms with E-state index in [1.165, 1.54) is 10.9 Å². The molecule has 1 amide bonds. The van der Waals surface area contributed by atoms with Gasteiger partial charge in [0.2, 0.25) is 5.91 Å². The van der Waals surface area contributed by atoms with Gasteiger partial charge in [-0.15, -0.1) is 0 Å². The second-order valence-corrected chi connectivity index (χ2v) is 6.73. The number of hydrogen-bond acceptors (Lipinski definition) is 1. The molecule has 0 radical (unpaired) electrons. The Morgan fingerprint density at radius 1 is 1.00 bits per heavy atom. The zero-order valence-corrected chi connectivity index (χ0v) is 15.0. The maximum atomic E-state index is 12.3. The molecule has 26 heavy (non-hydrogen) atoms. The number of hydrogen-bond donors (Lipinski definition) is 1. The summed E-state index contributed by atoms with van der Waals surface area (Å²) in [6.07, 6.45) is 5.51. The highest BCUT2D eigenvalue weighted by atomic mass is 16.1. The molecule has 4 aromatic rings. The highest BCUT2D eigenvalue weighted by Gasteiger charge is 2.10. The van der Waals surface area contributed by atoms with E-state index in [0.717, 1.165) is 29.4 Å². The van der Waals surface area contributed by atoms with Gasteiger partial charge in [-0.1, -0.05) is 36.4 Å². The predicted molar refractivity (Wildman–Crippen MR) is 106 cm³/mol. The zero-order valence-electron chi connectivity index (χ0n) is 15.0. The minimum absolute atomic E-state index is 0.0821. The molecule has 0 unspecified atom stereocenters. The van der Waals surface area contributed by atoms with E-state index < -0.39 is 0 Å². The van der Waals surface area contributed by atoms with Crippen molar-refractivity contribution in [2.24, 2.45) is 7.05 Å². The van der Waals surface area contributed by atoms with Crippen LogP contribution in [0.2, 0.25) is 0 Å². The number of nitrogens with one attached hydrogen (secondary N) is 1. The summed E-state index contributed by atoms with van der Waals surface area (Å²) in [6, 6.07) is 18.7. The van der Waals surface area contributed by atoms with Gasteiger partial charge >= 0.3 is 0 Å². The predicted octanol–water partition coefficient (Wildman–Crippen LogP) is 3.88. The second kappa shape index (κ2) is 7.08. The van der Waals surface area contributed by atoms with Gasteiger partial charge in [0.15, 0.2) is 0 Å². The Morgan fingerprint density at radius 2 is 1.77 bits per heavy atom. The van der Waals surface area contributed by atoms with Crippen molar-refractivity contribution in [2.75, 3.05) is 6.54 Å². The average Bonchev–Trinajstić information content (AvgIpc) is 3.21. The minimum Gasteiger partial charge on any atom is -0.356 e. The Labute approximate surface area is 153 Å². The Bertz CT molecular complexity index is 1060. The summed E-state index contributed by atoms with van der Waals surface area (Å²) in [5, 5.41) is 5.47. The van der Waals surface area contributed by atoms with Crippen molar-refractivity contribution in [3.63, 3.8) is 0 Å². The molecule has 2 aromatic heterocycles. The first-order valence-electron chi connectivity index (χ1n) is 9.06. The third kappa shape index (κ3) is 3.23. The van der Waals surface area contributed by atoms with Crippen LogP contribution in [-0.2, 0) is 24.8 Å². The van der Waals surface area contributed by atoms with Crippen molar-refractivity contribution >= 4 is 27.7 Å². The molecular formula is C22H23N3O. The highest BCUT2D eigenvalue weighted by molar-refractivity contribution is 5.89. The fraction of sp³-hybridized carbons (Fsp3) is 0.227. The van der Waals surface area contributed by atoms with Gasteiger partial charge in [0.1, 0.15) is 0 Å². The summed E-state index contributed by atoms with van der Waals surface area (Å²) in [6.45, 7) is 1.60. The molecule has 4 rings (SSSR count). The Balaban J connectivity index is 1.31. The first-order chi connectivity index (χ1) is 12.7. The number of amides is 1. The molecule has 4 nitrogen and oxygen atoms in total. The smallest absolute Gasteiger partial charge is 0.224 e. The standard InChI is InChI=1S/C22H23N3O/c1-24-16-18(19-8-3-5-10-21(19)24)15-22(26)23-12-6-13-25-14-11-17-7-2-4-9-20(17)25/h2-5,7-11,14,16H,6,12-13,15H2,1H3,(H,23,26). The molecule has 0 aliphatic heterocycles. The molecule has 2 aromatic carbocycles. The number of para-hydroxylation sites is 2. The van der Waals surface area contributed by atoms with Crippen molar-refractivity contribution in [3.05, 3.63) is 72.6 Å². The third-order valence-electron chi connectivity index (χ3n) is 4.91. The number of aromatic nitrogens is 2. The summed E-state index contributed by atoms with van der Waals surface area (Å²) in [4.78, 5) is 12.3. The molecule has 0 saturated heterocycles. The van der Waals surface area contributed by atoms with Crippen LogP contribution in [0.4, 0.5) is 0 Å². The molecule has 0 spiro atoms.